The van der Waals surface area contributed by atoms with Crippen molar-refractivity contribution in [2.45, 2.75) is 26.8 Å². The Morgan fingerprint density at radius 2 is 2.05 bits per heavy atom. The van der Waals surface area contributed by atoms with Crippen molar-refractivity contribution in [2.75, 3.05) is 11.9 Å². The van der Waals surface area contributed by atoms with E-state index in [1.165, 1.54) is 5.56 Å². The van der Waals surface area contributed by atoms with Gasteiger partial charge in [-0.25, -0.2) is 0 Å². The van der Waals surface area contributed by atoms with Gasteiger partial charge in [0.1, 0.15) is 0 Å². The summed E-state index contributed by atoms with van der Waals surface area (Å²) < 4.78 is 1.91. The van der Waals surface area contributed by atoms with Crippen LogP contribution >= 0.6 is 0 Å². The molecule has 0 aliphatic carbocycles. The van der Waals surface area contributed by atoms with Crippen LogP contribution in [0.1, 0.15) is 29.3 Å². The third-order valence-corrected chi connectivity index (χ3v) is 2.96. The number of rotatable bonds is 6. The zero-order valence-electron chi connectivity index (χ0n) is 11.4. The van der Waals surface area contributed by atoms with Crippen LogP contribution in [0.2, 0.25) is 0 Å². The normalized spacial score (nSPS) is 10.4. The summed E-state index contributed by atoms with van der Waals surface area (Å²) in [6.45, 7) is 5.53. The Morgan fingerprint density at radius 1 is 1.32 bits per heavy atom. The number of aryl methyl sites for hydroxylation is 1. The molecule has 0 aliphatic heterocycles. The summed E-state index contributed by atoms with van der Waals surface area (Å²) >= 11 is 0. The third-order valence-electron chi connectivity index (χ3n) is 2.96. The number of hydrogen-bond donors (Lipinski definition) is 1. The molecule has 0 radical (unpaired) electrons. The number of Topliss-reactive ketones (excluding diaryl/α,β-unsaturated/α-hetero) is 1. The topological polar surface area (TPSA) is 46.9 Å². The SMILES string of the molecule is CCC(=O)c1ccc(NCCn2cc(C)cn2)cc1. The van der Waals surface area contributed by atoms with Gasteiger partial charge in [0.05, 0.1) is 12.7 Å². The van der Waals surface area contributed by atoms with Gasteiger partial charge in [-0.1, -0.05) is 6.92 Å². The summed E-state index contributed by atoms with van der Waals surface area (Å²) in [6.07, 6.45) is 4.42. The molecule has 2 aromatic rings. The number of aromatic nitrogens is 2. The van der Waals surface area contributed by atoms with Crippen molar-refractivity contribution in [1.82, 2.24) is 9.78 Å². The molecule has 0 atom stereocenters. The van der Waals surface area contributed by atoms with Crippen LogP contribution in [0.3, 0.4) is 0 Å². The molecule has 1 N–H and O–H groups in total. The number of nitrogens with zero attached hydrogens (tertiary/aromatic N) is 2. The van der Waals surface area contributed by atoms with Gasteiger partial charge in [-0.2, -0.15) is 5.10 Å². The first-order valence-corrected chi connectivity index (χ1v) is 6.55. The van der Waals surface area contributed by atoms with Crippen molar-refractivity contribution in [1.29, 1.82) is 0 Å². The minimum absolute atomic E-state index is 0.179. The van der Waals surface area contributed by atoms with E-state index in [-0.39, 0.29) is 5.78 Å². The van der Waals surface area contributed by atoms with E-state index in [4.69, 9.17) is 0 Å². The molecule has 0 fully saturated rings. The number of benzene rings is 1. The van der Waals surface area contributed by atoms with Gasteiger partial charge in [0, 0.05) is 30.4 Å². The van der Waals surface area contributed by atoms with Crippen LogP contribution in [0.25, 0.3) is 0 Å². The Morgan fingerprint density at radius 3 is 2.63 bits per heavy atom. The van der Waals surface area contributed by atoms with E-state index in [1.807, 2.05) is 55.2 Å². The molecular weight excluding hydrogens is 238 g/mol. The van der Waals surface area contributed by atoms with Crippen molar-refractivity contribution in [2.24, 2.45) is 0 Å². The molecule has 4 heteroatoms. The predicted octanol–water partition coefficient (Wildman–Crippen LogP) is 2.90. The molecule has 100 valence electrons. The van der Waals surface area contributed by atoms with Crippen LogP contribution in [0.15, 0.2) is 36.7 Å². The monoisotopic (exact) mass is 257 g/mol. The molecule has 2 rings (SSSR count). The second kappa shape index (κ2) is 6.18. The molecule has 0 spiro atoms. The summed E-state index contributed by atoms with van der Waals surface area (Å²) in [4.78, 5) is 11.5. The molecule has 0 unspecified atom stereocenters. The number of carbonyl (C=O) groups excluding carboxylic acids is 1. The molecule has 0 saturated heterocycles. The zero-order chi connectivity index (χ0) is 13.7. The number of anilines is 1. The Balaban J connectivity index is 1.84. The smallest absolute Gasteiger partial charge is 0.162 e. The molecule has 0 bridgehead atoms. The summed E-state index contributed by atoms with van der Waals surface area (Å²) in [5.74, 6) is 0.179. The fraction of sp³-hybridized carbons (Fsp3) is 0.333. The molecule has 1 aromatic carbocycles. The van der Waals surface area contributed by atoms with E-state index < -0.39 is 0 Å². The largest absolute Gasteiger partial charge is 0.383 e. The highest BCUT2D eigenvalue weighted by Gasteiger charge is 2.02. The van der Waals surface area contributed by atoms with Crippen LogP contribution in [-0.4, -0.2) is 22.1 Å². The Kier molecular flexibility index (Phi) is 4.34. The Bertz CT molecular complexity index is 543. The first-order chi connectivity index (χ1) is 9.19. The van der Waals surface area contributed by atoms with Gasteiger partial charge in [0.2, 0.25) is 0 Å². The number of ketones is 1. The molecule has 0 saturated carbocycles. The Hall–Kier alpha value is -2.10. The maximum Gasteiger partial charge on any atom is 0.162 e. The maximum atomic E-state index is 11.5. The van der Waals surface area contributed by atoms with Gasteiger partial charge in [-0.05, 0) is 36.8 Å². The van der Waals surface area contributed by atoms with Gasteiger partial charge in [0.25, 0.3) is 0 Å². The highest BCUT2D eigenvalue weighted by atomic mass is 16.1. The fourth-order valence-electron chi connectivity index (χ4n) is 1.88. The molecule has 1 aromatic heterocycles. The van der Waals surface area contributed by atoms with Crippen molar-refractivity contribution < 1.29 is 4.79 Å². The zero-order valence-corrected chi connectivity index (χ0v) is 11.4. The third kappa shape index (κ3) is 3.68. The van der Waals surface area contributed by atoms with Gasteiger partial charge >= 0.3 is 0 Å². The maximum absolute atomic E-state index is 11.5. The lowest BCUT2D eigenvalue weighted by molar-refractivity contribution is 0.0988. The van der Waals surface area contributed by atoms with E-state index in [0.29, 0.717) is 6.42 Å². The molecule has 19 heavy (non-hydrogen) atoms. The predicted molar refractivity (Wildman–Crippen MR) is 76.5 cm³/mol. The highest BCUT2D eigenvalue weighted by molar-refractivity contribution is 5.96. The van der Waals surface area contributed by atoms with E-state index in [1.54, 1.807) is 0 Å². The van der Waals surface area contributed by atoms with E-state index in [0.717, 1.165) is 24.3 Å². The average Bonchev–Trinajstić information content (AvgIpc) is 2.84. The quantitative estimate of drug-likeness (QED) is 0.809. The fourth-order valence-corrected chi connectivity index (χ4v) is 1.88. The van der Waals surface area contributed by atoms with Crippen LogP contribution in [0.4, 0.5) is 5.69 Å². The lowest BCUT2D eigenvalue weighted by atomic mass is 10.1. The summed E-state index contributed by atoms with van der Waals surface area (Å²) in [5.41, 5.74) is 2.97. The van der Waals surface area contributed by atoms with Gasteiger partial charge in [-0.3, -0.25) is 9.48 Å². The lowest BCUT2D eigenvalue weighted by Crippen LogP contribution is -2.10. The van der Waals surface area contributed by atoms with Gasteiger partial charge < -0.3 is 5.32 Å². The second-order valence-electron chi connectivity index (χ2n) is 4.56. The van der Waals surface area contributed by atoms with Gasteiger partial charge in [0.15, 0.2) is 5.78 Å². The molecule has 0 amide bonds. The number of hydrogen-bond acceptors (Lipinski definition) is 3. The van der Waals surface area contributed by atoms with E-state index in [9.17, 15) is 4.79 Å². The van der Waals surface area contributed by atoms with Crippen LogP contribution in [-0.2, 0) is 6.54 Å². The van der Waals surface area contributed by atoms with Crippen LogP contribution < -0.4 is 5.32 Å². The first-order valence-electron chi connectivity index (χ1n) is 6.55. The molecular formula is C15H19N3O. The summed E-state index contributed by atoms with van der Waals surface area (Å²) in [7, 11) is 0. The average molecular weight is 257 g/mol. The first kappa shape index (κ1) is 13.3. The molecule has 1 heterocycles. The highest BCUT2D eigenvalue weighted by Crippen LogP contribution is 2.10. The minimum atomic E-state index is 0.179. The van der Waals surface area contributed by atoms with Crippen molar-refractivity contribution in [3.63, 3.8) is 0 Å². The number of carbonyl (C=O) groups is 1. The molecule has 4 nitrogen and oxygen atoms in total. The van der Waals surface area contributed by atoms with Crippen LogP contribution in [0.5, 0.6) is 0 Å². The van der Waals surface area contributed by atoms with E-state index in [2.05, 4.69) is 10.4 Å². The minimum Gasteiger partial charge on any atom is -0.383 e. The number of nitrogens with one attached hydrogen (secondary N) is 1. The summed E-state index contributed by atoms with van der Waals surface area (Å²) in [5, 5.41) is 7.54. The van der Waals surface area contributed by atoms with Gasteiger partial charge in [-0.15, -0.1) is 0 Å². The van der Waals surface area contributed by atoms with Crippen molar-refractivity contribution in [3.05, 3.63) is 47.8 Å². The standard InChI is InChI=1S/C15H19N3O/c1-3-15(19)13-4-6-14(7-5-13)16-8-9-18-11-12(2)10-17-18/h4-7,10-11,16H,3,8-9H2,1-2H3. The van der Waals surface area contributed by atoms with E-state index >= 15 is 0 Å². The van der Waals surface area contributed by atoms with Crippen molar-refractivity contribution >= 4 is 11.5 Å². The summed E-state index contributed by atoms with van der Waals surface area (Å²) in [6, 6.07) is 7.62. The van der Waals surface area contributed by atoms with Crippen molar-refractivity contribution in [3.8, 4) is 0 Å². The second-order valence-corrected chi connectivity index (χ2v) is 4.56. The van der Waals surface area contributed by atoms with Crippen LogP contribution in [0, 0.1) is 6.92 Å². The Labute approximate surface area is 113 Å². The lowest BCUT2D eigenvalue weighted by Gasteiger charge is -2.07. The molecule has 0 aliphatic rings.